The molecule has 0 saturated carbocycles. The number of thiocarbonyl (C=S) groups is 1. The minimum atomic E-state index is -0.198. The van der Waals surface area contributed by atoms with Gasteiger partial charge in [-0.2, -0.15) is 0 Å². The zero-order valence-electron chi connectivity index (χ0n) is 17.9. The minimum absolute atomic E-state index is 0.107. The van der Waals surface area contributed by atoms with Crippen LogP contribution >= 0.6 is 12.2 Å². The summed E-state index contributed by atoms with van der Waals surface area (Å²) >= 11 is 5.31. The van der Waals surface area contributed by atoms with Crippen molar-refractivity contribution in [2.24, 2.45) is 0 Å². The summed E-state index contributed by atoms with van der Waals surface area (Å²) in [5.41, 5.74) is 3.20. The molecule has 4 rings (SSSR count). The summed E-state index contributed by atoms with van der Waals surface area (Å²) in [7, 11) is 0. The second kappa shape index (κ2) is 10.5. The van der Waals surface area contributed by atoms with Gasteiger partial charge in [-0.1, -0.05) is 78.9 Å². The van der Waals surface area contributed by atoms with E-state index in [4.69, 9.17) is 12.2 Å². The second-order valence-corrected chi connectivity index (χ2v) is 8.02. The molecule has 0 heterocycles. The number of amides is 2. The Labute approximate surface area is 197 Å². The quantitative estimate of drug-likeness (QED) is 0.356. The largest absolute Gasteiger partial charge is 0.332 e. The molecular weight excluding hydrogens is 430 g/mol. The van der Waals surface area contributed by atoms with Crippen molar-refractivity contribution in [1.82, 2.24) is 5.32 Å². The molecule has 3 N–H and O–H groups in total. The molecule has 0 aliphatic carbocycles. The van der Waals surface area contributed by atoms with Crippen LogP contribution in [0.2, 0.25) is 0 Å². The summed E-state index contributed by atoms with van der Waals surface area (Å²) in [5.74, 6) is -0.305. The molecule has 0 bridgehead atoms. The average molecular weight is 454 g/mol. The molecule has 0 fully saturated rings. The molecule has 33 heavy (non-hydrogen) atoms. The lowest BCUT2D eigenvalue weighted by Gasteiger charge is -2.12. The van der Waals surface area contributed by atoms with Crippen molar-refractivity contribution in [3.05, 3.63) is 108 Å². The van der Waals surface area contributed by atoms with Crippen molar-refractivity contribution in [1.29, 1.82) is 0 Å². The highest BCUT2D eigenvalue weighted by atomic mass is 32.1. The summed E-state index contributed by atoms with van der Waals surface area (Å²) in [6.45, 7) is 0. The van der Waals surface area contributed by atoms with E-state index in [0.29, 0.717) is 17.8 Å². The number of nitrogens with one attached hydrogen (secondary N) is 3. The Morgan fingerprint density at radius 3 is 2.15 bits per heavy atom. The van der Waals surface area contributed by atoms with Gasteiger partial charge >= 0.3 is 0 Å². The summed E-state index contributed by atoms with van der Waals surface area (Å²) in [6, 6.07) is 30.6. The third-order valence-corrected chi connectivity index (χ3v) is 5.30. The summed E-state index contributed by atoms with van der Waals surface area (Å²) < 4.78 is 0. The van der Waals surface area contributed by atoms with Crippen LogP contribution in [0.25, 0.3) is 10.8 Å². The number of rotatable bonds is 6. The van der Waals surface area contributed by atoms with E-state index in [-0.39, 0.29) is 23.3 Å². The predicted octanol–water partition coefficient (Wildman–Crippen LogP) is 5.08. The van der Waals surface area contributed by atoms with Crippen LogP contribution in [0.1, 0.15) is 11.1 Å². The molecule has 0 atom stereocenters. The molecule has 2 amide bonds. The van der Waals surface area contributed by atoms with Gasteiger partial charge in [0, 0.05) is 11.4 Å². The van der Waals surface area contributed by atoms with E-state index in [1.54, 1.807) is 18.2 Å². The zero-order chi connectivity index (χ0) is 23.0. The first-order valence-corrected chi connectivity index (χ1v) is 11.0. The van der Waals surface area contributed by atoms with Crippen LogP contribution in [0.3, 0.4) is 0 Å². The van der Waals surface area contributed by atoms with Gasteiger partial charge < -0.3 is 16.0 Å². The Morgan fingerprint density at radius 1 is 0.667 bits per heavy atom. The van der Waals surface area contributed by atoms with Crippen molar-refractivity contribution in [3.8, 4) is 0 Å². The van der Waals surface area contributed by atoms with E-state index in [1.165, 1.54) is 0 Å². The molecule has 0 unspecified atom stereocenters. The van der Waals surface area contributed by atoms with Gasteiger partial charge in [0.2, 0.25) is 11.8 Å². The highest BCUT2D eigenvalue weighted by molar-refractivity contribution is 7.80. The third-order valence-electron chi connectivity index (χ3n) is 5.10. The maximum atomic E-state index is 12.5. The van der Waals surface area contributed by atoms with Gasteiger partial charge in [0.25, 0.3) is 0 Å². The molecule has 0 radical (unpaired) electrons. The lowest BCUT2D eigenvalue weighted by atomic mass is 10.0. The summed E-state index contributed by atoms with van der Waals surface area (Å²) in [4.78, 5) is 24.9. The fraction of sp³-hybridized carbons (Fsp3) is 0.0741. The van der Waals surface area contributed by atoms with Crippen LogP contribution in [0, 0.1) is 0 Å². The number of carbonyl (C=O) groups is 2. The van der Waals surface area contributed by atoms with E-state index in [0.717, 1.165) is 21.9 Å². The fourth-order valence-electron chi connectivity index (χ4n) is 3.61. The fourth-order valence-corrected chi connectivity index (χ4v) is 3.85. The van der Waals surface area contributed by atoms with Gasteiger partial charge in [0.05, 0.1) is 12.8 Å². The van der Waals surface area contributed by atoms with E-state index < -0.39 is 0 Å². The van der Waals surface area contributed by atoms with E-state index in [9.17, 15) is 9.59 Å². The molecule has 4 aromatic carbocycles. The Morgan fingerprint density at radius 2 is 1.33 bits per heavy atom. The van der Waals surface area contributed by atoms with Crippen molar-refractivity contribution >= 4 is 51.3 Å². The predicted molar refractivity (Wildman–Crippen MR) is 137 cm³/mol. The molecular formula is C27H23N3O2S. The number of carbonyl (C=O) groups excluding carboxylic acids is 2. The van der Waals surface area contributed by atoms with Crippen molar-refractivity contribution in [2.45, 2.75) is 12.8 Å². The molecule has 0 aliphatic rings. The van der Waals surface area contributed by atoms with Gasteiger partial charge in [-0.15, -0.1) is 0 Å². The molecule has 164 valence electrons. The second-order valence-electron chi connectivity index (χ2n) is 7.61. The molecule has 0 saturated heterocycles. The average Bonchev–Trinajstić information content (AvgIpc) is 2.80. The Hall–Kier alpha value is -4.03. The van der Waals surface area contributed by atoms with Gasteiger partial charge in [-0.05, 0) is 52.3 Å². The first-order chi connectivity index (χ1) is 16.1. The van der Waals surface area contributed by atoms with Crippen LogP contribution in [0.15, 0.2) is 97.1 Å². The molecule has 4 aromatic rings. The van der Waals surface area contributed by atoms with Crippen LogP contribution in [-0.2, 0) is 22.4 Å². The van der Waals surface area contributed by atoms with Crippen LogP contribution in [0.5, 0.6) is 0 Å². The third kappa shape index (κ3) is 6.24. The van der Waals surface area contributed by atoms with Gasteiger partial charge in [0.15, 0.2) is 5.11 Å². The van der Waals surface area contributed by atoms with Crippen LogP contribution in [0.4, 0.5) is 11.4 Å². The highest BCUT2D eigenvalue weighted by Gasteiger charge is 2.10. The number of fused-ring (bicyclic) bond motifs is 1. The van der Waals surface area contributed by atoms with Crippen molar-refractivity contribution < 1.29 is 9.59 Å². The number of anilines is 2. The highest BCUT2D eigenvalue weighted by Crippen LogP contribution is 2.19. The van der Waals surface area contributed by atoms with Crippen LogP contribution in [-0.4, -0.2) is 16.9 Å². The maximum Gasteiger partial charge on any atom is 0.230 e. The monoisotopic (exact) mass is 453 g/mol. The number of hydrogen-bond acceptors (Lipinski definition) is 3. The summed E-state index contributed by atoms with van der Waals surface area (Å²) in [6.07, 6.45) is 0.514. The lowest BCUT2D eigenvalue weighted by molar-refractivity contribution is -0.119. The summed E-state index contributed by atoms with van der Waals surface area (Å²) in [5, 5.41) is 11.0. The van der Waals surface area contributed by atoms with Crippen LogP contribution < -0.4 is 16.0 Å². The smallest absolute Gasteiger partial charge is 0.230 e. The molecule has 0 aromatic heterocycles. The SMILES string of the molecule is O=C(Cc1cccc2ccccc12)NC(=S)Nc1cccc(NC(=O)Cc2ccccc2)c1. The zero-order valence-corrected chi connectivity index (χ0v) is 18.7. The molecule has 0 aliphatic heterocycles. The molecule has 6 heteroatoms. The molecule has 5 nitrogen and oxygen atoms in total. The maximum absolute atomic E-state index is 12.5. The Kier molecular flexibility index (Phi) is 7.07. The first-order valence-electron chi connectivity index (χ1n) is 10.6. The van der Waals surface area contributed by atoms with E-state index >= 15 is 0 Å². The Bertz CT molecular complexity index is 1300. The van der Waals surface area contributed by atoms with Crippen molar-refractivity contribution in [2.75, 3.05) is 10.6 Å². The van der Waals surface area contributed by atoms with E-state index in [1.807, 2.05) is 78.9 Å². The minimum Gasteiger partial charge on any atom is -0.332 e. The van der Waals surface area contributed by atoms with E-state index in [2.05, 4.69) is 16.0 Å². The standard InChI is InChI=1S/C27H23N3O2S/c31-25(16-19-8-2-1-3-9-19)28-22-13-7-14-23(18-22)29-27(33)30-26(32)17-21-12-6-11-20-10-4-5-15-24(20)21/h1-15,18H,16-17H2,(H,28,31)(H2,29,30,32,33). The van der Waals surface area contributed by atoms with Gasteiger partial charge in [-0.25, -0.2) is 0 Å². The number of benzene rings is 4. The normalized spacial score (nSPS) is 10.4. The van der Waals surface area contributed by atoms with Crippen molar-refractivity contribution in [3.63, 3.8) is 0 Å². The lowest BCUT2D eigenvalue weighted by Crippen LogP contribution is -2.35. The Balaban J connectivity index is 1.32. The topological polar surface area (TPSA) is 70.2 Å². The number of hydrogen-bond donors (Lipinski definition) is 3. The van der Waals surface area contributed by atoms with Gasteiger partial charge in [0.1, 0.15) is 0 Å². The molecule has 0 spiro atoms. The first kappa shape index (κ1) is 22.2. The van der Waals surface area contributed by atoms with Gasteiger partial charge in [-0.3, -0.25) is 9.59 Å².